The zero-order valence-corrected chi connectivity index (χ0v) is 13.3. The number of ether oxygens (including phenoxy) is 1. The minimum atomic E-state index is -4.57. The summed E-state index contributed by atoms with van der Waals surface area (Å²) >= 11 is 0. The highest BCUT2D eigenvalue weighted by Gasteiger charge is 2.39. The molecule has 1 aliphatic heterocycles. The number of carbonyl (C=O) groups is 1. The van der Waals surface area contributed by atoms with E-state index >= 15 is 0 Å². The normalized spacial score (nSPS) is 14.3. The summed E-state index contributed by atoms with van der Waals surface area (Å²) in [5.74, 6) is 0.163. The zero-order valence-electron chi connectivity index (χ0n) is 13.3. The molecule has 9 heteroatoms. The van der Waals surface area contributed by atoms with E-state index in [1.807, 2.05) is 30.3 Å². The molecule has 1 aliphatic rings. The second-order valence-electron chi connectivity index (χ2n) is 5.64. The summed E-state index contributed by atoms with van der Waals surface area (Å²) in [4.78, 5) is 17.2. The third kappa shape index (κ3) is 3.60. The fourth-order valence-electron chi connectivity index (χ4n) is 2.79. The highest BCUT2D eigenvalue weighted by molar-refractivity contribution is 5.67. The lowest BCUT2D eigenvalue weighted by Gasteiger charge is -2.27. The van der Waals surface area contributed by atoms with Crippen LogP contribution in [-0.2, 0) is 37.2 Å². The molecule has 0 radical (unpaired) electrons. The first-order chi connectivity index (χ1) is 11.9. The highest BCUT2D eigenvalue weighted by Crippen LogP contribution is 2.33. The van der Waals surface area contributed by atoms with Gasteiger partial charge >= 0.3 is 12.3 Å². The number of fused-ring (bicyclic) bond motifs is 1. The number of alkyl halides is 3. The maximum absolute atomic E-state index is 13.0. The maximum Gasteiger partial charge on any atom is 0.435 e. The molecule has 3 rings (SSSR count). The lowest BCUT2D eigenvalue weighted by molar-refractivity contribution is -0.141. The number of halogens is 3. The van der Waals surface area contributed by atoms with Crippen LogP contribution in [0.1, 0.15) is 22.8 Å². The molecule has 0 aliphatic carbocycles. The van der Waals surface area contributed by atoms with Crippen LogP contribution < -0.4 is 5.73 Å². The highest BCUT2D eigenvalue weighted by atomic mass is 19.4. The average molecular weight is 354 g/mol. The van der Waals surface area contributed by atoms with Crippen LogP contribution in [0.25, 0.3) is 0 Å². The molecule has 0 spiro atoms. The van der Waals surface area contributed by atoms with Crippen LogP contribution in [0.2, 0.25) is 0 Å². The van der Waals surface area contributed by atoms with Crippen molar-refractivity contribution in [3.8, 4) is 0 Å². The molecule has 1 aromatic heterocycles. The summed E-state index contributed by atoms with van der Waals surface area (Å²) in [6.45, 7) is 0.232. The van der Waals surface area contributed by atoms with E-state index in [1.165, 1.54) is 9.47 Å². The number of aromatic nitrogens is 2. The number of hydrogen-bond donors (Lipinski definition) is 1. The van der Waals surface area contributed by atoms with Gasteiger partial charge in [-0.15, -0.1) is 0 Å². The topological polar surface area (TPSA) is 73.4 Å². The molecule has 0 saturated carbocycles. The van der Waals surface area contributed by atoms with Gasteiger partial charge in [-0.25, -0.2) is 9.78 Å². The first-order valence-corrected chi connectivity index (χ1v) is 7.71. The van der Waals surface area contributed by atoms with Gasteiger partial charge in [-0.1, -0.05) is 30.3 Å². The van der Waals surface area contributed by atoms with Crippen LogP contribution in [0.15, 0.2) is 30.3 Å². The number of nitrogens with zero attached hydrogens (tertiary/aromatic N) is 3. The Hall–Kier alpha value is -2.55. The molecule has 2 heterocycles. The summed E-state index contributed by atoms with van der Waals surface area (Å²) in [6.07, 6.45) is -5.15. The lowest BCUT2D eigenvalue weighted by atomic mass is 10.2. The Morgan fingerprint density at radius 3 is 2.60 bits per heavy atom. The SMILES string of the molecule is NCc1c(C(F)(F)F)nc2n1CCN(C(=O)OCc1ccccc1)C2. The van der Waals surface area contributed by atoms with Crippen LogP contribution in [0.4, 0.5) is 18.0 Å². The van der Waals surface area contributed by atoms with Crippen molar-refractivity contribution in [1.29, 1.82) is 0 Å². The fraction of sp³-hybridized carbons (Fsp3) is 0.375. The number of amides is 1. The Bertz CT molecular complexity index is 759. The summed E-state index contributed by atoms with van der Waals surface area (Å²) in [7, 11) is 0. The second-order valence-corrected chi connectivity index (χ2v) is 5.64. The Morgan fingerprint density at radius 1 is 1.24 bits per heavy atom. The number of hydrogen-bond acceptors (Lipinski definition) is 4. The predicted molar refractivity (Wildman–Crippen MR) is 82.2 cm³/mol. The van der Waals surface area contributed by atoms with Gasteiger partial charge in [0.05, 0.1) is 12.2 Å². The van der Waals surface area contributed by atoms with E-state index in [0.717, 1.165) is 5.56 Å². The lowest BCUT2D eigenvalue weighted by Crippen LogP contribution is -2.39. The molecule has 1 amide bonds. The molecule has 2 N–H and O–H groups in total. The summed E-state index contributed by atoms with van der Waals surface area (Å²) < 4.78 is 45.8. The number of carbonyl (C=O) groups excluding carboxylic acids is 1. The van der Waals surface area contributed by atoms with Crippen LogP contribution >= 0.6 is 0 Å². The Balaban J connectivity index is 1.70. The van der Waals surface area contributed by atoms with Gasteiger partial charge in [0.25, 0.3) is 0 Å². The smallest absolute Gasteiger partial charge is 0.435 e. The monoisotopic (exact) mass is 354 g/mol. The first kappa shape index (κ1) is 17.3. The van der Waals surface area contributed by atoms with Gasteiger partial charge in [-0.2, -0.15) is 13.2 Å². The predicted octanol–water partition coefficient (Wildman–Crippen LogP) is 2.51. The fourth-order valence-corrected chi connectivity index (χ4v) is 2.79. The zero-order chi connectivity index (χ0) is 18.0. The number of nitrogens with two attached hydrogens (primary N) is 1. The molecular weight excluding hydrogens is 337 g/mol. The van der Waals surface area contributed by atoms with Crippen molar-refractivity contribution < 1.29 is 22.7 Å². The van der Waals surface area contributed by atoms with Crippen LogP contribution in [-0.4, -0.2) is 27.1 Å². The summed E-state index contributed by atoms with van der Waals surface area (Å²) in [5, 5.41) is 0. The Kier molecular flexibility index (Phi) is 4.67. The molecule has 0 atom stereocenters. The van der Waals surface area contributed by atoms with Crippen molar-refractivity contribution in [2.24, 2.45) is 5.73 Å². The molecule has 0 bridgehead atoms. The van der Waals surface area contributed by atoms with E-state index in [4.69, 9.17) is 10.5 Å². The van der Waals surface area contributed by atoms with Crippen LogP contribution in [0.5, 0.6) is 0 Å². The molecular formula is C16H17F3N4O2. The van der Waals surface area contributed by atoms with Crippen LogP contribution in [0.3, 0.4) is 0 Å². The Morgan fingerprint density at radius 2 is 1.96 bits per heavy atom. The van der Waals surface area contributed by atoms with E-state index in [0.29, 0.717) is 0 Å². The van der Waals surface area contributed by atoms with Gasteiger partial charge < -0.3 is 15.0 Å². The molecule has 0 saturated heterocycles. The van der Waals surface area contributed by atoms with Crippen molar-refractivity contribution in [2.45, 2.75) is 32.4 Å². The molecule has 134 valence electrons. The molecule has 0 unspecified atom stereocenters. The van der Waals surface area contributed by atoms with Gasteiger partial charge in [0.15, 0.2) is 5.69 Å². The number of benzene rings is 1. The van der Waals surface area contributed by atoms with Crippen LogP contribution in [0, 0.1) is 0 Å². The molecule has 6 nitrogen and oxygen atoms in total. The van der Waals surface area contributed by atoms with Crippen molar-refractivity contribution in [1.82, 2.24) is 14.5 Å². The molecule has 1 aromatic carbocycles. The maximum atomic E-state index is 13.0. The molecule has 2 aromatic rings. The second kappa shape index (κ2) is 6.75. The van der Waals surface area contributed by atoms with Gasteiger partial charge in [0.2, 0.25) is 0 Å². The minimum Gasteiger partial charge on any atom is -0.445 e. The van der Waals surface area contributed by atoms with E-state index in [9.17, 15) is 18.0 Å². The number of rotatable bonds is 3. The van der Waals surface area contributed by atoms with E-state index < -0.39 is 18.0 Å². The van der Waals surface area contributed by atoms with E-state index in [1.54, 1.807) is 0 Å². The summed E-state index contributed by atoms with van der Waals surface area (Å²) in [5.41, 5.74) is 5.25. The van der Waals surface area contributed by atoms with Gasteiger partial charge in [0, 0.05) is 19.6 Å². The average Bonchev–Trinajstić information content (AvgIpc) is 2.98. The van der Waals surface area contributed by atoms with Crippen molar-refractivity contribution in [3.05, 3.63) is 53.1 Å². The minimum absolute atomic E-state index is 0.0449. The standard InChI is InChI=1S/C16H17F3N4O2/c17-16(18,19)14-12(8-20)23-7-6-22(9-13(23)21-14)15(24)25-10-11-4-2-1-3-5-11/h1-5H,6-10,20H2. The molecule has 0 fully saturated rings. The van der Waals surface area contributed by atoms with Crippen molar-refractivity contribution in [3.63, 3.8) is 0 Å². The van der Waals surface area contributed by atoms with Gasteiger partial charge in [0.1, 0.15) is 12.4 Å². The third-order valence-electron chi connectivity index (χ3n) is 4.00. The largest absolute Gasteiger partial charge is 0.445 e. The third-order valence-corrected chi connectivity index (χ3v) is 4.00. The van der Waals surface area contributed by atoms with Crippen molar-refractivity contribution >= 4 is 6.09 Å². The van der Waals surface area contributed by atoms with Gasteiger partial charge in [-0.05, 0) is 5.56 Å². The van der Waals surface area contributed by atoms with E-state index in [2.05, 4.69) is 4.98 Å². The number of imidazole rings is 1. The van der Waals surface area contributed by atoms with Crippen molar-refractivity contribution in [2.75, 3.05) is 6.54 Å². The first-order valence-electron chi connectivity index (χ1n) is 7.71. The molecule has 25 heavy (non-hydrogen) atoms. The van der Waals surface area contributed by atoms with Gasteiger partial charge in [-0.3, -0.25) is 4.90 Å². The Labute approximate surface area is 142 Å². The summed E-state index contributed by atoms with van der Waals surface area (Å²) in [6, 6.07) is 9.14. The van der Waals surface area contributed by atoms with E-state index in [-0.39, 0.29) is 44.3 Å². The quantitative estimate of drug-likeness (QED) is 0.919.